The summed E-state index contributed by atoms with van der Waals surface area (Å²) in [5, 5.41) is 0. The Bertz CT molecular complexity index is 1050. The maximum Gasteiger partial charge on any atom is 0.329 e. The first-order valence-electron chi connectivity index (χ1n) is 12.7. The minimum Gasteiger partial charge on any atom is -0.461 e. The van der Waals surface area contributed by atoms with Gasteiger partial charge >= 0.3 is 5.97 Å². The van der Waals surface area contributed by atoms with Crippen molar-refractivity contribution in [2.24, 2.45) is 17.8 Å². The molecule has 1 heterocycles. The summed E-state index contributed by atoms with van der Waals surface area (Å²) in [4.78, 5) is 42.7. The van der Waals surface area contributed by atoms with Crippen molar-refractivity contribution in [3.8, 4) is 0 Å². The van der Waals surface area contributed by atoms with Crippen LogP contribution in [-0.2, 0) is 19.1 Å². The maximum absolute atomic E-state index is 14.0. The van der Waals surface area contributed by atoms with Gasteiger partial charge in [-0.1, -0.05) is 68.8 Å². The fraction of sp³-hybridized carbons (Fsp3) is 0.483. The first-order valence-corrected chi connectivity index (χ1v) is 12.7. The lowest BCUT2D eigenvalue weighted by atomic mass is 9.55. The molecular weight excluding hydrogens is 426 g/mol. The zero-order valence-corrected chi connectivity index (χ0v) is 19.8. The molecule has 2 bridgehead atoms. The molecule has 3 atom stereocenters. The summed E-state index contributed by atoms with van der Waals surface area (Å²) >= 11 is 0. The molecule has 0 radical (unpaired) electrons. The molecule has 0 aromatic heterocycles. The maximum atomic E-state index is 14.0. The van der Waals surface area contributed by atoms with Gasteiger partial charge in [0.25, 0.3) is 0 Å². The molecule has 2 fully saturated rings. The van der Waals surface area contributed by atoms with Gasteiger partial charge < -0.3 is 4.74 Å². The molecule has 2 aromatic carbocycles. The molecule has 2 aromatic rings. The average Bonchev–Trinajstić information content (AvgIpc) is 3.10. The van der Waals surface area contributed by atoms with Crippen LogP contribution in [0.5, 0.6) is 0 Å². The van der Waals surface area contributed by atoms with E-state index in [1.807, 2.05) is 38.1 Å². The van der Waals surface area contributed by atoms with E-state index in [0.29, 0.717) is 0 Å². The van der Waals surface area contributed by atoms with Crippen molar-refractivity contribution >= 4 is 17.8 Å². The van der Waals surface area contributed by atoms with Gasteiger partial charge in [0.1, 0.15) is 12.1 Å². The van der Waals surface area contributed by atoms with Gasteiger partial charge in [-0.05, 0) is 53.9 Å². The average molecular weight is 458 g/mol. The molecule has 2 amide bonds. The molecule has 0 unspecified atom stereocenters. The van der Waals surface area contributed by atoms with Gasteiger partial charge in [-0.3, -0.25) is 14.5 Å². The summed E-state index contributed by atoms with van der Waals surface area (Å²) in [7, 11) is 0. The smallest absolute Gasteiger partial charge is 0.329 e. The SMILES string of the molecule is CC(C)[C@@H](C(=O)OC1CCCCC1)N1C(=O)[C@H]2C3c4ccccc4C(c4ccccc43)[C@@H]2C1=O. The van der Waals surface area contributed by atoms with E-state index in [0.717, 1.165) is 54.4 Å². The third kappa shape index (κ3) is 3.02. The van der Waals surface area contributed by atoms with Crippen LogP contribution in [0.15, 0.2) is 48.5 Å². The van der Waals surface area contributed by atoms with Gasteiger partial charge in [0.05, 0.1) is 11.8 Å². The Morgan fingerprint density at radius 2 is 1.24 bits per heavy atom. The number of rotatable bonds is 4. The third-order valence-corrected chi connectivity index (χ3v) is 8.47. The molecule has 7 rings (SSSR count). The predicted octanol–water partition coefficient (Wildman–Crippen LogP) is 4.78. The van der Waals surface area contributed by atoms with Crippen molar-refractivity contribution in [3.05, 3.63) is 70.8 Å². The lowest BCUT2D eigenvalue weighted by Gasteiger charge is -2.45. The van der Waals surface area contributed by atoms with Crippen molar-refractivity contribution in [1.82, 2.24) is 4.90 Å². The Hall–Kier alpha value is -2.95. The van der Waals surface area contributed by atoms with E-state index in [1.165, 1.54) is 4.90 Å². The minimum absolute atomic E-state index is 0.109. The standard InChI is InChI=1S/C29H31NO4/c1-16(2)26(29(33)34-17-10-4-3-5-11-17)30-27(31)24-22-18-12-6-7-13-19(18)23(25(24)28(30)32)21-15-9-8-14-20(21)22/h6-9,12-17,22-26H,3-5,10-11H2,1-2H3/t22?,23?,24-,25-,26-/m0/s1. The molecular formula is C29H31NO4. The quantitative estimate of drug-likeness (QED) is 0.490. The second-order valence-corrected chi connectivity index (χ2v) is 10.7. The van der Waals surface area contributed by atoms with Gasteiger partial charge in [0, 0.05) is 11.8 Å². The van der Waals surface area contributed by atoms with E-state index in [9.17, 15) is 14.4 Å². The van der Waals surface area contributed by atoms with Crippen LogP contribution >= 0.6 is 0 Å². The van der Waals surface area contributed by atoms with Crippen molar-refractivity contribution in [1.29, 1.82) is 0 Å². The fourth-order valence-electron chi connectivity index (χ4n) is 7.07. The van der Waals surface area contributed by atoms with Gasteiger partial charge in [-0.25, -0.2) is 4.79 Å². The highest BCUT2D eigenvalue weighted by Crippen LogP contribution is 2.61. The van der Waals surface area contributed by atoms with Crippen LogP contribution in [0.25, 0.3) is 0 Å². The zero-order valence-electron chi connectivity index (χ0n) is 19.8. The highest BCUT2D eigenvalue weighted by molar-refractivity contribution is 6.10. The first-order chi connectivity index (χ1) is 16.5. The van der Waals surface area contributed by atoms with Gasteiger partial charge in [0.15, 0.2) is 0 Å². The zero-order chi connectivity index (χ0) is 23.6. The Kier molecular flexibility index (Phi) is 5.12. The number of carbonyl (C=O) groups is 3. The molecule has 5 aliphatic rings. The van der Waals surface area contributed by atoms with Crippen LogP contribution in [0.4, 0.5) is 0 Å². The summed E-state index contributed by atoms with van der Waals surface area (Å²) in [6.07, 6.45) is 4.88. The Morgan fingerprint density at radius 3 is 1.65 bits per heavy atom. The van der Waals surface area contributed by atoms with Gasteiger partial charge in [-0.15, -0.1) is 0 Å². The molecule has 34 heavy (non-hydrogen) atoms. The molecule has 1 saturated carbocycles. The number of nitrogens with zero attached hydrogens (tertiary/aromatic N) is 1. The Balaban J connectivity index is 1.39. The van der Waals surface area contributed by atoms with Crippen LogP contribution in [0.2, 0.25) is 0 Å². The lowest BCUT2D eigenvalue weighted by molar-refractivity contribution is -0.165. The van der Waals surface area contributed by atoms with Crippen LogP contribution in [0.3, 0.4) is 0 Å². The number of likely N-dealkylation sites (tertiary alicyclic amines) is 1. The number of hydrogen-bond donors (Lipinski definition) is 0. The monoisotopic (exact) mass is 457 g/mol. The topological polar surface area (TPSA) is 63.7 Å². The Morgan fingerprint density at radius 1 is 0.794 bits per heavy atom. The molecule has 1 aliphatic heterocycles. The van der Waals surface area contributed by atoms with Gasteiger partial charge in [0.2, 0.25) is 11.8 Å². The van der Waals surface area contributed by atoms with Crippen LogP contribution in [-0.4, -0.2) is 34.8 Å². The van der Waals surface area contributed by atoms with Crippen molar-refractivity contribution in [2.45, 2.75) is 69.9 Å². The summed E-state index contributed by atoms with van der Waals surface area (Å²) in [6, 6.07) is 15.5. The molecule has 0 N–H and O–H groups in total. The molecule has 0 spiro atoms. The number of amides is 2. The van der Waals surface area contributed by atoms with E-state index >= 15 is 0 Å². The lowest BCUT2D eigenvalue weighted by Crippen LogP contribution is -2.50. The predicted molar refractivity (Wildman–Crippen MR) is 127 cm³/mol. The molecule has 176 valence electrons. The number of hydrogen-bond acceptors (Lipinski definition) is 4. The van der Waals surface area contributed by atoms with E-state index in [-0.39, 0.29) is 35.7 Å². The minimum atomic E-state index is -0.877. The molecule has 4 aliphatic carbocycles. The third-order valence-electron chi connectivity index (χ3n) is 8.47. The first kappa shape index (κ1) is 21.6. The van der Waals surface area contributed by atoms with Gasteiger partial charge in [-0.2, -0.15) is 0 Å². The highest BCUT2D eigenvalue weighted by atomic mass is 16.5. The summed E-state index contributed by atoms with van der Waals surface area (Å²) < 4.78 is 5.89. The highest BCUT2D eigenvalue weighted by Gasteiger charge is 2.63. The van der Waals surface area contributed by atoms with Crippen molar-refractivity contribution in [3.63, 3.8) is 0 Å². The summed E-state index contributed by atoms with van der Waals surface area (Å²) in [5.74, 6) is -2.33. The number of esters is 1. The molecule has 5 heteroatoms. The number of ether oxygens (including phenoxy) is 1. The molecule has 5 nitrogen and oxygen atoms in total. The van der Waals surface area contributed by atoms with E-state index < -0.39 is 23.8 Å². The van der Waals surface area contributed by atoms with Crippen LogP contribution in [0.1, 0.15) is 80.0 Å². The fourth-order valence-corrected chi connectivity index (χ4v) is 7.07. The van der Waals surface area contributed by atoms with E-state index in [2.05, 4.69) is 24.3 Å². The molecule has 1 saturated heterocycles. The number of carbonyl (C=O) groups excluding carboxylic acids is 3. The van der Waals surface area contributed by atoms with E-state index in [1.54, 1.807) is 0 Å². The number of benzene rings is 2. The van der Waals surface area contributed by atoms with E-state index in [4.69, 9.17) is 4.74 Å². The largest absolute Gasteiger partial charge is 0.461 e. The number of imide groups is 1. The Labute approximate surface area is 200 Å². The second-order valence-electron chi connectivity index (χ2n) is 10.7. The normalized spacial score (nSPS) is 28.5. The van der Waals surface area contributed by atoms with Crippen LogP contribution in [0, 0.1) is 17.8 Å². The summed E-state index contributed by atoms with van der Waals surface area (Å²) in [6.45, 7) is 3.79. The van der Waals surface area contributed by atoms with Crippen LogP contribution < -0.4 is 0 Å². The summed E-state index contributed by atoms with van der Waals surface area (Å²) in [5.41, 5.74) is 4.56. The van der Waals surface area contributed by atoms with Crippen molar-refractivity contribution < 1.29 is 19.1 Å². The second kappa shape index (κ2) is 8.07. The van der Waals surface area contributed by atoms with Crippen molar-refractivity contribution in [2.75, 3.05) is 0 Å².